The highest BCUT2D eigenvalue weighted by Crippen LogP contribution is 2.55. The molecule has 10 heteroatoms. The number of benzene rings is 3. The van der Waals surface area contributed by atoms with Crippen molar-refractivity contribution in [3.8, 4) is 0 Å². The van der Waals surface area contributed by atoms with E-state index in [4.69, 9.17) is 9.15 Å². The first-order valence-electron chi connectivity index (χ1n) is 14.2. The van der Waals surface area contributed by atoms with E-state index in [9.17, 15) is 14.4 Å². The summed E-state index contributed by atoms with van der Waals surface area (Å²) in [5.41, 5.74) is 1.94. The standard InChI is InChI=1S/C34H27N3O6S/c1-5-42-31(40)29-20(4)35-33(44-29)37-30(39)28-26(27(38)22-16-19(3)12-15-25(22)43-28)34(37)23-8-6-7-9-24(23)36(32(34)41)17-21-13-10-18(2)11-14-21/h6-16H,5,17H2,1-4H3. The molecule has 44 heavy (non-hydrogen) atoms. The van der Waals surface area contributed by atoms with Gasteiger partial charge in [0.2, 0.25) is 5.76 Å². The van der Waals surface area contributed by atoms with E-state index in [2.05, 4.69) is 4.98 Å². The van der Waals surface area contributed by atoms with Gasteiger partial charge >= 0.3 is 5.97 Å². The van der Waals surface area contributed by atoms with E-state index < -0.39 is 28.8 Å². The summed E-state index contributed by atoms with van der Waals surface area (Å²) < 4.78 is 11.4. The zero-order chi connectivity index (χ0) is 30.9. The average Bonchev–Trinajstić information content (AvgIpc) is 3.59. The number of para-hydroxylation sites is 1. The Balaban J connectivity index is 1.53. The van der Waals surface area contributed by atoms with E-state index in [1.54, 1.807) is 55.1 Å². The number of hydrogen-bond acceptors (Lipinski definition) is 8. The molecule has 7 rings (SSSR count). The van der Waals surface area contributed by atoms with Crippen molar-refractivity contribution in [3.63, 3.8) is 0 Å². The number of ether oxygens (including phenoxy) is 1. The molecule has 0 bridgehead atoms. The van der Waals surface area contributed by atoms with E-state index in [1.807, 2.05) is 44.2 Å². The molecule has 1 spiro atoms. The normalized spacial score (nSPS) is 17.1. The number of anilines is 2. The minimum Gasteiger partial charge on any atom is -0.462 e. The number of aromatic nitrogens is 1. The summed E-state index contributed by atoms with van der Waals surface area (Å²) in [6.45, 7) is 7.55. The van der Waals surface area contributed by atoms with E-state index in [0.717, 1.165) is 28.0 Å². The van der Waals surface area contributed by atoms with Gasteiger partial charge in [-0.2, -0.15) is 0 Å². The van der Waals surface area contributed by atoms with Crippen LogP contribution in [0.15, 0.2) is 75.9 Å². The quantitative estimate of drug-likeness (QED) is 0.233. The van der Waals surface area contributed by atoms with Gasteiger partial charge in [0, 0.05) is 5.56 Å². The number of rotatable bonds is 5. The van der Waals surface area contributed by atoms with Crippen LogP contribution in [0.4, 0.5) is 10.8 Å². The van der Waals surface area contributed by atoms with E-state index >= 15 is 4.79 Å². The zero-order valence-corrected chi connectivity index (χ0v) is 25.3. The number of carbonyl (C=O) groups is 3. The maximum Gasteiger partial charge on any atom is 0.350 e. The van der Waals surface area contributed by atoms with Gasteiger partial charge in [-0.1, -0.05) is 71.0 Å². The Morgan fingerprint density at radius 1 is 0.977 bits per heavy atom. The van der Waals surface area contributed by atoms with Crippen LogP contribution in [0.5, 0.6) is 0 Å². The van der Waals surface area contributed by atoms with Gasteiger partial charge < -0.3 is 14.1 Å². The molecule has 3 aromatic carbocycles. The van der Waals surface area contributed by atoms with Gasteiger partial charge in [0.1, 0.15) is 10.5 Å². The first-order chi connectivity index (χ1) is 21.2. The molecule has 1 unspecified atom stereocenters. The SMILES string of the molecule is CCOC(=O)c1sc(N2C(=O)c3oc4ccc(C)cc4c(=O)c3C23C(=O)N(Cc2ccc(C)cc2)c2ccccc23)nc1C. The maximum absolute atomic E-state index is 15.1. The predicted octanol–water partition coefficient (Wildman–Crippen LogP) is 5.80. The second-order valence-electron chi connectivity index (χ2n) is 11.0. The fourth-order valence-electron chi connectivity index (χ4n) is 6.17. The Bertz CT molecular complexity index is 2100. The van der Waals surface area contributed by atoms with Crippen molar-refractivity contribution in [2.75, 3.05) is 16.4 Å². The van der Waals surface area contributed by atoms with Crippen LogP contribution in [0.1, 0.15) is 60.7 Å². The van der Waals surface area contributed by atoms with Crippen LogP contribution >= 0.6 is 11.3 Å². The molecular formula is C34H27N3O6S. The molecule has 2 amide bonds. The number of fused-ring (bicyclic) bond motifs is 5. The van der Waals surface area contributed by atoms with Gasteiger partial charge in [0.05, 0.1) is 35.5 Å². The molecule has 0 aliphatic carbocycles. The van der Waals surface area contributed by atoms with Gasteiger partial charge in [-0.15, -0.1) is 0 Å². The van der Waals surface area contributed by atoms with Crippen molar-refractivity contribution in [1.29, 1.82) is 0 Å². The lowest BCUT2D eigenvalue weighted by molar-refractivity contribution is -0.121. The molecule has 2 aliphatic rings. The van der Waals surface area contributed by atoms with Crippen LogP contribution in [0.2, 0.25) is 0 Å². The minimum atomic E-state index is -1.91. The molecule has 1 atom stereocenters. The van der Waals surface area contributed by atoms with E-state index in [-0.39, 0.29) is 45.5 Å². The Labute approximate surface area is 256 Å². The van der Waals surface area contributed by atoms with Crippen molar-refractivity contribution in [3.05, 3.63) is 121 Å². The molecule has 2 aliphatic heterocycles. The third kappa shape index (κ3) is 3.80. The van der Waals surface area contributed by atoms with Crippen molar-refractivity contribution >= 4 is 50.9 Å². The van der Waals surface area contributed by atoms with Gasteiger partial charge in [0.25, 0.3) is 11.8 Å². The molecule has 5 aromatic rings. The number of nitrogens with zero attached hydrogens (tertiary/aromatic N) is 3. The number of esters is 1. The molecule has 0 saturated heterocycles. The van der Waals surface area contributed by atoms with Crippen LogP contribution in [0, 0.1) is 20.8 Å². The highest BCUT2D eigenvalue weighted by Gasteiger charge is 2.66. The Kier molecular flexibility index (Phi) is 6.29. The Morgan fingerprint density at radius 3 is 2.45 bits per heavy atom. The molecule has 0 fully saturated rings. The third-order valence-corrected chi connectivity index (χ3v) is 9.30. The second-order valence-corrected chi connectivity index (χ2v) is 12.0. The predicted molar refractivity (Wildman–Crippen MR) is 166 cm³/mol. The lowest BCUT2D eigenvalue weighted by Crippen LogP contribution is -2.53. The van der Waals surface area contributed by atoms with Crippen molar-refractivity contribution in [1.82, 2.24) is 4.98 Å². The monoisotopic (exact) mass is 605 g/mol. The summed E-state index contributed by atoms with van der Waals surface area (Å²) in [4.78, 5) is 64.5. The number of hydrogen-bond donors (Lipinski definition) is 0. The highest BCUT2D eigenvalue weighted by molar-refractivity contribution is 7.17. The smallest absolute Gasteiger partial charge is 0.350 e. The zero-order valence-electron chi connectivity index (χ0n) is 24.5. The van der Waals surface area contributed by atoms with E-state index in [0.29, 0.717) is 16.9 Å². The molecule has 0 saturated carbocycles. The van der Waals surface area contributed by atoms with Crippen molar-refractivity contribution < 1.29 is 23.5 Å². The summed E-state index contributed by atoms with van der Waals surface area (Å²) in [6, 6.07) is 20.1. The summed E-state index contributed by atoms with van der Waals surface area (Å²) in [5.74, 6) is -1.99. The first kappa shape index (κ1) is 27.7. The van der Waals surface area contributed by atoms with Gasteiger partial charge in [-0.25, -0.2) is 9.78 Å². The average molecular weight is 606 g/mol. The summed E-state index contributed by atoms with van der Waals surface area (Å²) in [5, 5.41) is 0.351. The summed E-state index contributed by atoms with van der Waals surface area (Å²) in [7, 11) is 0. The Hall–Kier alpha value is -5.09. The maximum atomic E-state index is 15.1. The topological polar surface area (TPSA) is 110 Å². The van der Waals surface area contributed by atoms with Gasteiger partial charge in [0.15, 0.2) is 16.1 Å². The van der Waals surface area contributed by atoms with Gasteiger partial charge in [-0.3, -0.25) is 19.3 Å². The highest BCUT2D eigenvalue weighted by atomic mass is 32.1. The fourth-order valence-corrected chi connectivity index (χ4v) is 7.19. The van der Waals surface area contributed by atoms with Crippen LogP contribution in [-0.2, 0) is 21.6 Å². The third-order valence-electron chi connectivity index (χ3n) is 8.18. The van der Waals surface area contributed by atoms with Crippen LogP contribution in [0.3, 0.4) is 0 Å². The molecule has 0 N–H and O–H groups in total. The number of thiazole rings is 1. The van der Waals surface area contributed by atoms with Crippen molar-refractivity contribution in [2.45, 2.75) is 39.8 Å². The van der Waals surface area contributed by atoms with Crippen LogP contribution in [0.25, 0.3) is 11.0 Å². The lowest BCUT2D eigenvalue weighted by Gasteiger charge is -2.32. The fraction of sp³-hybridized carbons (Fsp3) is 0.206. The van der Waals surface area contributed by atoms with E-state index in [1.165, 1.54) is 4.90 Å². The van der Waals surface area contributed by atoms with Crippen molar-refractivity contribution in [2.24, 2.45) is 0 Å². The molecule has 4 heterocycles. The lowest BCUT2D eigenvalue weighted by atomic mass is 9.84. The van der Waals surface area contributed by atoms with Crippen LogP contribution in [-0.4, -0.2) is 29.4 Å². The minimum absolute atomic E-state index is 0.0602. The molecular weight excluding hydrogens is 578 g/mol. The largest absolute Gasteiger partial charge is 0.462 e. The second kappa shape index (κ2) is 9.99. The summed E-state index contributed by atoms with van der Waals surface area (Å²) in [6.07, 6.45) is 0. The molecule has 2 aromatic heterocycles. The number of aryl methyl sites for hydroxylation is 3. The number of carbonyl (C=O) groups excluding carboxylic acids is 3. The molecule has 9 nitrogen and oxygen atoms in total. The van der Waals surface area contributed by atoms with Gasteiger partial charge in [-0.05, 0) is 51.5 Å². The first-order valence-corrected chi connectivity index (χ1v) is 15.0. The molecule has 220 valence electrons. The molecule has 0 radical (unpaired) electrons. The Morgan fingerprint density at radius 2 is 1.70 bits per heavy atom. The number of amides is 2. The van der Waals surface area contributed by atoms with Crippen LogP contribution < -0.4 is 15.2 Å². The summed E-state index contributed by atoms with van der Waals surface area (Å²) >= 11 is 0.941.